The third-order valence-corrected chi connectivity index (χ3v) is 4.33. The first kappa shape index (κ1) is 19.0. The highest BCUT2D eigenvalue weighted by Gasteiger charge is 2.04. The van der Waals surface area contributed by atoms with Crippen LogP contribution in [-0.2, 0) is 26.7 Å². The van der Waals surface area contributed by atoms with Crippen molar-refractivity contribution in [2.45, 2.75) is 33.5 Å². The summed E-state index contributed by atoms with van der Waals surface area (Å²) < 4.78 is 1.86. The number of hydrogen-bond donors (Lipinski definition) is 2. The minimum absolute atomic E-state index is 0.693. The molecule has 0 fully saturated rings. The molecular formula is C19H30N6. The predicted molar refractivity (Wildman–Crippen MR) is 103 cm³/mol. The summed E-state index contributed by atoms with van der Waals surface area (Å²) in [5.41, 5.74) is 3.72. The molecule has 136 valence electrons. The summed E-state index contributed by atoms with van der Waals surface area (Å²) in [6.45, 7) is 8.98. The van der Waals surface area contributed by atoms with Gasteiger partial charge in [-0.25, -0.2) is 0 Å². The Hall–Kier alpha value is -2.34. The number of guanidine groups is 1. The van der Waals surface area contributed by atoms with Crippen molar-refractivity contribution in [3.8, 4) is 0 Å². The van der Waals surface area contributed by atoms with Gasteiger partial charge in [0, 0.05) is 33.4 Å². The Balaban J connectivity index is 1.87. The molecule has 6 heteroatoms. The summed E-state index contributed by atoms with van der Waals surface area (Å²) >= 11 is 0. The fraction of sp³-hybridized carbons (Fsp3) is 0.474. The van der Waals surface area contributed by atoms with E-state index in [4.69, 9.17) is 0 Å². The van der Waals surface area contributed by atoms with Crippen LogP contribution in [0.5, 0.6) is 0 Å². The molecule has 1 aromatic carbocycles. The molecule has 6 nitrogen and oxygen atoms in total. The van der Waals surface area contributed by atoms with Crippen LogP contribution in [0.1, 0.15) is 30.7 Å². The van der Waals surface area contributed by atoms with Gasteiger partial charge in [0.05, 0.1) is 12.2 Å². The van der Waals surface area contributed by atoms with E-state index >= 15 is 0 Å². The largest absolute Gasteiger partial charge is 0.352 e. The molecule has 0 spiro atoms. The number of rotatable bonds is 8. The fourth-order valence-electron chi connectivity index (χ4n) is 2.70. The maximum atomic E-state index is 4.29. The third kappa shape index (κ3) is 5.90. The summed E-state index contributed by atoms with van der Waals surface area (Å²) in [4.78, 5) is 6.70. The third-order valence-electron chi connectivity index (χ3n) is 4.33. The van der Waals surface area contributed by atoms with Crippen LogP contribution in [0.2, 0.25) is 0 Å². The molecule has 1 heterocycles. The summed E-state index contributed by atoms with van der Waals surface area (Å²) in [6, 6.07) is 10.7. The maximum Gasteiger partial charge on any atom is 0.191 e. The lowest BCUT2D eigenvalue weighted by molar-refractivity contribution is 0.296. The van der Waals surface area contributed by atoms with Crippen LogP contribution >= 0.6 is 0 Å². The van der Waals surface area contributed by atoms with Crippen molar-refractivity contribution in [2.75, 3.05) is 20.1 Å². The van der Waals surface area contributed by atoms with E-state index in [-0.39, 0.29) is 0 Å². The average Bonchev–Trinajstić information content (AvgIpc) is 3.05. The first-order valence-corrected chi connectivity index (χ1v) is 8.87. The number of benzene rings is 1. The number of nitrogens with zero attached hydrogens (tertiary/aromatic N) is 4. The lowest BCUT2D eigenvalue weighted by atomic mass is 10.1. The monoisotopic (exact) mass is 342 g/mol. The average molecular weight is 342 g/mol. The van der Waals surface area contributed by atoms with Gasteiger partial charge in [0.25, 0.3) is 0 Å². The van der Waals surface area contributed by atoms with Gasteiger partial charge in [0.15, 0.2) is 5.96 Å². The lowest BCUT2D eigenvalue weighted by Crippen LogP contribution is -2.36. The zero-order valence-corrected chi connectivity index (χ0v) is 15.8. The van der Waals surface area contributed by atoms with Crippen LogP contribution in [0.4, 0.5) is 0 Å². The van der Waals surface area contributed by atoms with E-state index in [1.807, 2.05) is 17.8 Å². The second-order valence-corrected chi connectivity index (χ2v) is 6.01. The minimum Gasteiger partial charge on any atom is -0.352 e. The van der Waals surface area contributed by atoms with Gasteiger partial charge in [-0.2, -0.15) is 5.10 Å². The molecule has 0 amide bonds. The fourth-order valence-corrected chi connectivity index (χ4v) is 2.70. The van der Waals surface area contributed by atoms with Gasteiger partial charge < -0.3 is 10.6 Å². The molecule has 0 aliphatic rings. The number of aromatic nitrogens is 2. The van der Waals surface area contributed by atoms with Crippen LogP contribution in [0.3, 0.4) is 0 Å². The van der Waals surface area contributed by atoms with E-state index in [9.17, 15) is 0 Å². The minimum atomic E-state index is 0.693. The highest BCUT2D eigenvalue weighted by molar-refractivity contribution is 5.79. The second-order valence-electron chi connectivity index (χ2n) is 6.01. The number of aliphatic imine (C=N–C) groups is 1. The number of hydrogen-bond acceptors (Lipinski definition) is 3. The van der Waals surface area contributed by atoms with Gasteiger partial charge in [0.2, 0.25) is 0 Å². The van der Waals surface area contributed by atoms with Crippen LogP contribution < -0.4 is 10.6 Å². The molecule has 0 aliphatic heterocycles. The zero-order valence-electron chi connectivity index (χ0n) is 15.8. The molecule has 0 saturated carbocycles. The van der Waals surface area contributed by atoms with E-state index < -0.39 is 0 Å². The van der Waals surface area contributed by atoms with E-state index in [1.165, 1.54) is 11.1 Å². The smallest absolute Gasteiger partial charge is 0.191 e. The van der Waals surface area contributed by atoms with Crippen molar-refractivity contribution < 1.29 is 0 Å². The van der Waals surface area contributed by atoms with Gasteiger partial charge in [-0.3, -0.25) is 14.6 Å². The Morgan fingerprint density at radius 1 is 1.12 bits per heavy atom. The molecule has 0 unspecified atom stereocenters. The van der Waals surface area contributed by atoms with Gasteiger partial charge in [-0.15, -0.1) is 0 Å². The van der Waals surface area contributed by atoms with Crippen LogP contribution in [0.15, 0.2) is 41.5 Å². The molecule has 0 atom stereocenters. The van der Waals surface area contributed by atoms with E-state index in [0.717, 1.165) is 37.8 Å². The SMILES string of the molecule is CCN(CC)Cc1cccc(CNC(=NC)NCc2ccnn2C)c1. The topological polar surface area (TPSA) is 57.5 Å². The van der Waals surface area contributed by atoms with Crippen LogP contribution in [-0.4, -0.2) is 40.8 Å². The van der Waals surface area contributed by atoms with E-state index in [0.29, 0.717) is 6.54 Å². The molecule has 2 aromatic rings. The Morgan fingerprint density at radius 3 is 2.48 bits per heavy atom. The summed E-state index contributed by atoms with van der Waals surface area (Å²) in [5.74, 6) is 0.787. The molecule has 2 N–H and O–H groups in total. The first-order valence-electron chi connectivity index (χ1n) is 8.87. The van der Waals surface area contributed by atoms with Crippen LogP contribution in [0.25, 0.3) is 0 Å². The van der Waals surface area contributed by atoms with Crippen molar-refractivity contribution in [1.29, 1.82) is 0 Å². The van der Waals surface area contributed by atoms with Gasteiger partial charge in [-0.05, 0) is 30.3 Å². The Bertz CT molecular complexity index is 672. The normalized spacial score (nSPS) is 11.8. The van der Waals surface area contributed by atoms with Crippen molar-refractivity contribution >= 4 is 5.96 Å². The molecule has 25 heavy (non-hydrogen) atoms. The number of nitrogens with one attached hydrogen (secondary N) is 2. The molecular weight excluding hydrogens is 312 g/mol. The summed E-state index contributed by atoms with van der Waals surface area (Å²) in [6.07, 6.45) is 1.80. The highest BCUT2D eigenvalue weighted by atomic mass is 15.3. The molecule has 0 bridgehead atoms. The van der Waals surface area contributed by atoms with Crippen LogP contribution in [0, 0.1) is 0 Å². The van der Waals surface area contributed by atoms with Gasteiger partial charge in [0.1, 0.15) is 0 Å². The van der Waals surface area contributed by atoms with Crippen molar-refractivity contribution in [2.24, 2.45) is 12.0 Å². The Labute approximate surface area is 151 Å². The maximum absolute atomic E-state index is 4.29. The molecule has 2 rings (SSSR count). The molecule has 0 saturated heterocycles. The van der Waals surface area contributed by atoms with Crippen molar-refractivity contribution in [3.05, 3.63) is 53.3 Å². The quantitative estimate of drug-likeness (QED) is 0.570. The summed E-state index contributed by atoms with van der Waals surface area (Å²) in [7, 11) is 3.73. The van der Waals surface area contributed by atoms with Gasteiger partial charge in [-0.1, -0.05) is 38.1 Å². The van der Waals surface area contributed by atoms with Crippen molar-refractivity contribution in [1.82, 2.24) is 25.3 Å². The van der Waals surface area contributed by atoms with E-state index in [2.05, 4.69) is 63.7 Å². The summed E-state index contributed by atoms with van der Waals surface area (Å²) in [5, 5.41) is 10.9. The Kier molecular flexibility index (Phi) is 7.47. The predicted octanol–water partition coefficient (Wildman–Crippen LogP) is 2.13. The lowest BCUT2D eigenvalue weighted by Gasteiger charge is -2.18. The standard InChI is InChI=1S/C19H30N6/c1-5-25(6-2)15-17-9-7-8-16(12-17)13-21-19(20-3)22-14-18-10-11-23-24(18)4/h7-12H,5-6,13-15H2,1-4H3,(H2,20,21,22). The molecule has 0 radical (unpaired) electrons. The van der Waals surface area contributed by atoms with E-state index in [1.54, 1.807) is 13.2 Å². The molecule has 0 aliphatic carbocycles. The Morgan fingerprint density at radius 2 is 1.84 bits per heavy atom. The van der Waals surface area contributed by atoms with Crippen molar-refractivity contribution in [3.63, 3.8) is 0 Å². The highest BCUT2D eigenvalue weighted by Crippen LogP contribution is 2.08. The van der Waals surface area contributed by atoms with Gasteiger partial charge >= 0.3 is 0 Å². The number of aryl methyl sites for hydroxylation is 1. The molecule has 1 aromatic heterocycles. The second kappa shape index (κ2) is 9.84. The zero-order chi connectivity index (χ0) is 18.1. The first-order chi connectivity index (χ1) is 12.2.